The van der Waals surface area contributed by atoms with Crippen molar-refractivity contribution in [2.45, 2.75) is 16.6 Å². The fraction of sp³-hybridized carbons (Fsp3) is 0.308. The Morgan fingerprint density at radius 1 is 0.750 bits per heavy atom. The van der Waals surface area contributed by atoms with Gasteiger partial charge < -0.3 is 23.7 Å². The standard InChI is InChI=1S/C26H24O5S/c1-2-4-20(5-3-1)32-26(18-7-9-23-25(12-18)31-16-29-23)21-14-27-13-19(21)10-17-6-8-22-24(11-17)30-15-28-22/h1-9,11-12,19,21,26H,10,13-16H2/t19-,21-,26?/m0/s1. The number of fused-ring (bicyclic) bond motifs is 2. The van der Waals surface area contributed by atoms with E-state index < -0.39 is 0 Å². The van der Waals surface area contributed by atoms with E-state index in [9.17, 15) is 0 Å². The van der Waals surface area contributed by atoms with Gasteiger partial charge in [0.25, 0.3) is 0 Å². The molecule has 164 valence electrons. The third-order valence-corrected chi connectivity index (χ3v) is 7.72. The van der Waals surface area contributed by atoms with Gasteiger partial charge in [-0.05, 0) is 59.9 Å². The van der Waals surface area contributed by atoms with E-state index in [4.69, 9.17) is 23.7 Å². The first-order valence-corrected chi connectivity index (χ1v) is 11.8. The van der Waals surface area contributed by atoms with E-state index in [1.54, 1.807) is 0 Å². The summed E-state index contributed by atoms with van der Waals surface area (Å²) in [6.07, 6.45) is 0.942. The minimum absolute atomic E-state index is 0.244. The summed E-state index contributed by atoms with van der Waals surface area (Å²) >= 11 is 1.90. The average molecular weight is 449 g/mol. The third-order valence-electron chi connectivity index (χ3n) is 6.30. The highest BCUT2D eigenvalue weighted by Crippen LogP contribution is 2.48. The molecule has 3 aliphatic rings. The van der Waals surface area contributed by atoms with Crippen molar-refractivity contribution in [3.63, 3.8) is 0 Å². The lowest BCUT2D eigenvalue weighted by Crippen LogP contribution is -2.21. The van der Waals surface area contributed by atoms with Crippen molar-refractivity contribution in [2.75, 3.05) is 26.8 Å². The fourth-order valence-corrected chi connectivity index (χ4v) is 6.03. The second kappa shape index (κ2) is 8.60. The molecule has 1 saturated heterocycles. The zero-order chi connectivity index (χ0) is 21.3. The minimum atomic E-state index is 0.244. The Balaban J connectivity index is 1.30. The van der Waals surface area contributed by atoms with Crippen LogP contribution in [0.15, 0.2) is 71.6 Å². The van der Waals surface area contributed by atoms with Gasteiger partial charge in [-0.25, -0.2) is 0 Å². The summed E-state index contributed by atoms with van der Waals surface area (Å²) < 4.78 is 28.3. The number of hydrogen-bond donors (Lipinski definition) is 0. The van der Waals surface area contributed by atoms with Gasteiger partial charge in [-0.15, -0.1) is 11.8 Å². The first-order chi connectivity index (χ1) is 15.8. The number of rotatable bonds is 6. The smallest absolute Gasteiger partial charge is 0.231 e. The van der Waals surface area contributed by atoms with Crippen molar-refractivity contribution < 1.29 is 23.7 Å². The Morgan fingerprint density at radius 3 is 2.28 bits per heavy atom. The molecule has 3 aliphatic heterocycles. The van der Waals surface area contributed by atoms with Crippen molar-refractivity contribution in [3.05, 3.63) is 77.9 Å². The molecule has 3 aromatic carbocycles. The summed E-state index contributed by atoms with van der Waals surface area (Å²) in [5, 5.41) is 0.244. The minimum Gasteiger partial charge on any atom is -0.454 e. The molecule has 0 saturated carbocycles. The van der Waals surface area contributed by atoms with Crippen LogP contribution in [0.3, 0.4) is 0 Å². The third kappa shape index (κ3) is 3.89. The molecule has 0 radical (unpaired) electrons. The van der Waals surface area contributed by atoms with E-state index in [-0.39, 0.29) is 12.0 Å². The molecule has 0 spiro atoms. The Bertz CT molecular complexity index is 1100. The van der Waals surface area contributed by atoms with Gasteiger partial charge >= 0.3 is 0 Å². The van der Waals surface area contributed by atoms with E-state index in [1.165, 1.54) is 16.0 Å². The maximum absolute atomic E-state index is 6.04. The quantitative estimate of drug-likeness (QED) is 0.465. The summed E-state index contributed by atoms with van der Waals surface area (Å²) in [6.45, 7) is 2.09. The van der Waals surface area contributed by atoms with Crippen LogP contribution in [0, 0.1) is 11.8 Å². The molecule has 0 bridgehead atoms. The lowest BCUT2D eigenvalue weighted by atomic mass is 9.85. The van der Waals surface area contributed by atoms with Gasteiger partial charge in [0.15, 0.2) is 23.0 Å². The highest BCUT2D eigenvalue weighted by Gasteiger charge is 2.37. The number of thioether (sulfide) groups is 1. The van der Waals surface area contributed by atoms with Gasteiger partial charge in [0.2, 0.25) is 13.6 Å². The molecule has 6 heteroatoms. The molecule has 5 nitrogen and oxygen atoms in total. The number of hydrogen-bond acceptors (Lipinski definition) is 6. The fourth-order valence-electron chi connectivity index (χ4n) is 4.67. The van der Waals surface area contributed by atoms with Crippen LogP contribution in [-0.4, -0.2) is 26.8 Å². The monoisotopic (exact) mass is 448 g/mol. The maximum Gasteiger partial charge on any atom is 0.231 e. The van der Waals surface area contributed by atoms with Gasteiger partial charge in [-0.3, -0.25) is 0 Å². The molecular weight excluding hydrogens is 424 g/mol. The second-order valence-corrected chi connectivity index (χ2v) is 9.53. The lowest BCUT2D eigenvalue weighted by molar-refractivity contribution is 0.173. The van der Waals surface area contributed by atoms with Crippen LogP contribution in [0.2, 0.25) is 0 Å². The molecule has 1 fully saturated rings. The Hall–Kier alpha value is -2.83. The highest BCUT2D eigenvalue weighted by atomic mass is 32.2. The first-order valence-electron chi connectivity index (χ1n) is 10.9. The molecule has 0 aromatic heterocycles. The molecule has 3 atom stereocenters. The van der Waals surface area contributed by atoms with Gasteiger partial charge in [0.05, 0.1) is 13.2 Å². The summed E-state index contributed by atoms with van der Waals surface area (Å²) in [5.74, 6) is 4.08. The van der Waals surface area contributed by atoms with Crippen molar-refractivity contribution in [3.8, 4) is 23.0 Å². The lowest BCUT2D eigenvalue weighted by Gasteiger charge is -2.28. The first kappa shape index (κ1) is 19.8. The zero-order valence-electron chi connectivity index (χ0n) is 17.6. The van der Waals surface area contributed by atoms with Gasteiger partial charge in [-0.1, -0.05) is 30.3 Å². The van der Waals surface area contributed by atoms with Crippen LogP contribution >= 0.6 is 11.8 Å². The van der Waals surface area contributed by atoms with E-state index in [0.717, 1.165) is 42.6 Å². The van der Waals surface area contributed by atoms with Gasteiger partial charge in [0.1, 0.15) is 0 Å². The summed E-state index contributed by atoms with van der Waals surface area (Å²) in [5.41, 5.74) is 2.50. The predicted molar refractivity (Wildman–Crippen MR) is 122 cm³/mol. The molecule has 0 aliphatic carbocycles. The molecule has 0 amide bonds. The summed E-state index contributed by atoms with van der Waals surface area (Å²) in [4.78, 5) is 1.25. The predicted octanol–water partition coefficient (Wildman–Crippen LogP) is 5.48. The van der Waals surface area contributed by atoms with Crippen LogP contribution in [0.5, 0.6) is 23.0 Å². The van der Waals surface area contributed by atoms with Gasteiger partial charge in [-0.2, -0.15) is 0 Å². The van der Waals surface area contributed by atoms with Crippen LogP contribution in [-0.2, 0) is 11.2 Å². The van der Waals surface area contributed by atoms with Crippen LogP contribution in [0.1, 0.15) is 16.4 Å². The maximum atomic E-state index is 6.04. The largest absolute Gasteiger partial charge is 0.454 e. The van der Waals surface area contributed by atoms with Crippen LogP contribution in [0.4, 0.5) is 0 Å². The molecule has 3 aromatic rings. The van der Waals surface area contributed by atoms with Gasteiger partial charge in [0, 0.05) is 16.1 Å². The Kier molecular flexibility index (Phi) is 5.33. The van der Waals surface area contributed by atoms with Crippen molar-refractivity contribution in [1.82, 2.24) is 0 Å². The van der Waals surface area contributed by atoms with Crippen molar-refractivity contribution >= 4 is 11.8 Å². The molecule has 32 heavy (non-hydrogen) atoms. The Labute approximate surface area is 191 Å². The SMILES string of the molecule is c1ccc(SC(c2ccc3c(c2)OCO3)[C@H]2COC[C@@H]2Cc2ccc3c(c2)OCO3)cc1. The number of benzene rings is 3. The second-order valence-electron chi connectivity index (χ2n) is 8.32. The summed E-state index contributed by atoms with van der Waals surface area (Å²) in [6, 6.07) is 23.2. The van der Waals surface area contributed by atoms with Crippen molar-refractivity contribution in [2.24, 2.45) is 11.8 Å². The van der Waals surface area contributed by atoms with Crippen molar-refractivity contribution in [1.29, 1.82) is 0 Å². The molecular formula is C26H24O5S. The normalized spacial score (nSPS) is 21.6. The Morgan fingerprint density at radius 2 is 1.47 bits per heavy atom. The van der Waals surface area contributed by atoms with E-state index in [1.807, 2.05) is 23.9 Å². The zero-order valence-corrected chi connectivity index (χ0v) is 18.4. The van der Waals surface area contributed by atoms with E-state index in [0.29, 0.717) is 18.6 Å². The summed E-state index contributed by atoms with van der Waals surface area (Å²) in [7, 11) is 0. The van der Waals surface area contributed by atoms with E-state index in [2.05, 4.69) is 54.6 Å². The van der Waals surface area contributed by atoms with Crippen LogP contribution in [0.25, 0.3) is 0 Å². The highest BCUT2D eigenvalue weighted by molar-refractivity contribution is 7.99. The topological polar surface area (TPSA) is 46.2 Å². The molecule has 0 N–H and O–H groups in total. The molecule has 6 rings (SSSR count). The average Bonchev–Trinajstić information content (AvgIpc) is 3.58. The van der Waals surface area contributed by atoms with Crippen LogP contribution < -0.4 is 18.9 Å². The van der Waals surface area contributed by atoms with E-state index >= 15 is 0 Å². The molecule has 1 unspecified atom stereocenters. The number of ether oxygens (including phenoxy) is 5. The molecule has 3 heterocycles.